The fraction of sp³-hybridized carbons (Fsp3) is 1.00. The second-order valence-corrected chi connectivity index (χ2v) is 6.13. The van der Waals surface area contributed by atoms with Gasteiger partial charge in [-0.2, -0.15) is 0 Å². The number of hydrogen-bond acceptors (Lipinski definition) is 2. The van der Waals surface area contributed by atoms with Crippen LogP contribution in [0.5, 0.6) is 0 Å². The van der Waals surface area contributed by atoms with E-state index >= 15 is 0 Å². The molecule has 1 aliphatic carbocycles. The first-order valence-electron chi connectivity index (χ1n) is 8.66. The van der Waals surface area contributed by atoms with E-state index in [1.54, 1.807) is 0 Å². The average Bonchev–Trinajstić information content (AvgIpc) is 2.46. The molecule has 0 aliphatic heterocycles. The first-order valence-corrected chi connectivity index (χ1v) is 8.66. The second kappa shape index (κ2) is 10.7. The average molecular weight is 269 g/mol. The van der Waals surface area contributed by atoms with Crippen molar-refractivity contribution in [2.45, 2.75) is 90.7 Å². The Bertz CT molecular complexity index is 207. The lowest BCUT2D eigenvalue weighted by atomic mass is 9.92. The molecule has 0 aromatic heterocycles. The Morgan fingerprint density at radius 2 is 1.89 bits per heavy atom. The molecule has 1 fully saturated rings. The monoisotopic (exact) mass is 269 g/mol. The minimum Gasteiger partial charge on any atom is -0.376 e. The molecule has 3 atom stereocenters. The van der Waals surface area contributed by atoms with E-state index in [-0.39, 0.29) is 0 Å². The minimum atomic E-state index is 0.468. The fourth-order valence-corrected chi connectivity index (χ4v) is 3.02. The summed E-state index contributed by atoms with van der Waals surface area (Å²) in [6, 6.07) is 0.609. The molecule has 0 spiro atoms. The van der Waals surface area contributed by atoms with Crippen LogP contribution in [-0.2, 0) is 4.74 Å². The van der Waals surface area contributed by atoms with Gasteiger partial charge in [0.05, 0.1) is 6.10 Å². The normalized spacial score (nSPS) is 25.4. The molecule has 2 nitrogen and oxygen atoms in total. The van der Waals surface area contributed by atoms with Crippen LogP contribution in [-0.4, -0.2) is 25.3 Å². The van der Waals surface area contributed by atoms with Gasteiger partial charge in [-0.15, -0.1) is 0 Å². The molecule has 0 aromatic carbocycles. The molecule has 0 aromatic rings. The molecule has 1 rings (SSSR count). The second-order valence-electron chi connectivity index (χ2n) is 6.13. The third-order valence-electron chi connectivity index (χ3n) is 4.45. The number of hydrogen-bond donors (Lipinski definition) is 1. The molecular formula is C17H35NO. The van der Waals surface area contributed by atoms with Crippen molar-refractivity contribution in [3.8, 4) is 0 Å². The van der Waals surface area contributed by atoms with Gasteiger partial charge in [0.25, 0.3) is 0 Å². The lowest BCUT2D eigenvalue weighted by Crippen LogP contribution is -2.44. The van der Waals surface area contributed by atoms with Crippen LogP contribution in [0.2, 0.25) is 0 Å². The summed E-state index contributed by atoms with van der Waals surface area (Å²) >= 11 is 0. The van der Waals surface area contributed by atoms with Crippen molar-refractivity contribution in [3.05, 3.63) is 0 Å². The van der Waals surface area contributed by atoms with Crippen LogP contribution in [0.4, 0.5) is 0 Å². The van der Waals surface area contributed by atoms with E-state index in [2.05, 4.69) is 26.1 Å². The highest BCUT2D eigenvalue weighted by Crippen LogP contribution is 2.23. The standard InChI is InChI=1S/C17H35NO/c1-4-7-10-15(6-3)14-19-17-12-9-8-11-16(17)18-13-5-2/h15-18H,4-14H2,1-3H3. The summed E-state index contributed by atoms with van der Waals surface area (Å²) in [7, 11) is 0. The highest BCUT2D eigenvalue weighted by Gasteiger charge is 2.25. The summed E-state index contributed by atoms with van der Waals surface area (Å²) in [5.74, 6) is 0.772. The van der Waals surface area contributed by atoms with Crippen LogP contribution in [0.15, 0.2) is 0 Å². The number of ether oxygens (including phenoxy) is 1. The molecule has 0 amide bonds. The fourth-order valence-electron chi connectivity index (χ4n) is 3.02. The largest absolute Gasteiger partial charge is 0.376 e. The third kappa shape index (κ3) is 6.76. The molecule has 1 saturated carbocycles. The Hall–Kier alpha value is -0.0800. The van der Waals surface area contributed by atoms with E-state index in [1.807, 2.05) is 0 Å². The lowest BCUT2D eigenvalue weighted by molar-refractivity contribution is -0.0144. The maximum atomic E-state index is 6.28. The van der Waals surface area contributed by atoms with Gasteiger partial charge in [0, 0.05) is 12.6 Å². The zero-order chi connectivity index (χ0) is 13.9. The van der Waals surface area contributed by atoms with E-state index in [4.69, 9.17) is 4.74 Å². The van der Waals surface area contributed by atoms with Crippen molar-refractivity contribution in [2.75, 3.05) is 13.2 Å². The molecule has 0 saturated heterocycles. The predicted molar refractivity (Wildman–Crippen MR) is 83.6 cm³/mol. The zero-order valence-electron chi connectivity index (χ0n) is 13.4. The molecule has 19 heavy (non-hydrogen) atoms. The summed E-state index contributed by atoms with van der Waals surface area (Å²) < 4.78 is 6.28. The highest BCUT2D eigenvalue weighted by atomic mass is 16.5. The SMILES string of the molecule is CCCCC(CC)COC1CCCCC1NCCC. The van der Waals surface area contributed by atoms with Gasteiger partial charge in [-0.3, -0.25) is 0 Å². The Kier molecular flexibility index (Phi) is 9.54. The van der Waals surface area contributed by atoms with Crippen molar-refractivity contribution in [1.82, 2.24) is 5.32 Å². The molecule has 2 heteroatoms. The van der Waals surface area contributed by atoms with Gasteiger partial charge < -0.3 is 10.1 Å². The molecule has 0 bridgehead atoms. The summed E-state index contributed by atoms with van der Waals surface area (Å²) in [4.78, 5) is 0. The smallest absolute Gasteiger partial charge is 0.0728 e. The highest BCUT2D eigenvalue weighted by molar-refractivity contribution is 4.82. The Labute approximate surface area is 120 Å². The van der Waals surface area contributed by atoms with Crippen LogP contribution in [0.1, 0.15) is 78.6 Å². The molecule has 1 aliphatic rings. The Morgan fingerprint density at radius 3 is 2.58 bits per heavy atom. The van der Waals surface area contributed by atoms with Gasteiger partial charge in [0.1, 0.15) is 0 Å². The molecular weight excluding hydrogens is 234 g/mol. The van der Waals surface area contributed by atoms with E-state index in [9.17, 15) is 0 Å². The topological polar surface area (TPSA) is 21.3 Å². The zero-order valence-corrected chi connectivity index (χ0v) is 13.4. The van der Waals surface area contributed by atoms with Crippen molar-refractivity contribution in [2.24, 2.45) is 5.92 Å². The summed E-state index contributed by atoms with van der Waals surface area (Å²) in [6.07, 6.45) is 12.2. The first-order chi connectivity index (χ1) is 9.31. The van der Waals surface area contributed by atoms with Gasteiger partial charge in [0.2, 0.25) is 0 Å². The predicted octanol–water partition coefficient (Wildman–Crippen LogP) is 4.53. The van der Waals surface area contributed by atoms with Crippen LogP contribution in [0.25, 0.3) is 0 Å². The summed E-state index contributed by atoms with van der Waals surface area (Å²) in [5.41, 5.74) is 0. The Balaban J connectivity index is 2.30. The Morgan fingerprint density at radius 1 is 1.11 bits per heavy atom. The first kappa shape index (κ1) is 17.0. The maximum absolute atomic E-state index is 6.28. The van der Waals surface area contributed by atoms with Gasteiger partial charge >= 0.3 is 0 Å². The number of unbranched alkanes of at least 4 members (excludes halogenated alkanes) is 1. The van der Waals surface area contributed by atoms with Gasteiger partial charge in [-0.05, 0) is 38.1 Å². The molecule has 0 heterocycles. The number of rotatable bonds is 10. The molecule has 3 unspecified atom stereocenters. The summed E-state index contributed by atoms with van der Waals surface area (Å²) in [5, 5.41) is 3.68. The van der Waals surface area contributed by atoms with Crippen molar-refractivity contribution in [3.63, 3.8) is 0 Å². The molecule has 1 N–H and O–H groups in total. The van der Waals surface area contributed by atoms with Gasteiger partial charge in [-0.25, -0.2) is 0 Å². The minimum absolute atomic E-state index is 0.468. The quantitative estimate of drug-likeness (QED) is 0.629. The summed E-state index contributed by atoms with van der Waals surface area (Å²) in [6.45, 7) is 8.93. The van der Waals surface area contributed by atoms with Gasteiger partial charge in [-0.1, -0.05) is 52.9 Å². The van der Waals surface area contributed by atoms with E-state index in [1.165, 1.54) is 57.8 Å². The maximum Gasteiger partial charge on any atom is 0.0728 e. The van der Waals surface area contributed by atoms with Gasteiger partial charge in [0.15, 0.2) is 0 Å². The van der Waals surface area contributed by atoms with Crippen LogP contribution in [0, 0.1) is 5.92 Å². The molecule has 114 valence electrons. The van der Waals surface area contributed by atoms with Crippen LogP contribution >= 0.6 is 0 Å². The van der Waals surface area contributed by atoms with Crippen molar-refractivity contribution >= 4 is 0 Å². The van der Waals surface area contributed by atoms with E-state index < -0.39 is 0 Å². The van der Waals surface area contributed by atoms with Crippen molar-refractivity contribution < 1.29 is 4.74 Å². The van der Waals surface area contributed by atoms with Crippen molar-refractivity contribution in [1.29, 1.82) is 0 Å². The van der Waals surface area contributed by atoms with E-state index in [0.717, 1.165) is 19.1 Å². The van der Waals surface area contributed by atoms with Crippen LogP contribution in [0.3, 0.4) is 0 Å². The number of nitrogens with one attached hydrogen (secondary N) is 1. The molecule has 0 radical (unpaired) electrons. The third-order valence-corrected chi connectivity index (χ3v) is 4.45. The van der Waals surface area contributed by atoms with E-state index in [0.29, 0.717) is 12.1 Å². The van der Waals surface area contributed by atoms with Crippen LogP contribution < -0.4 is 5.32 Å². The lowest BCUT2D eigenvalue weighted by Gasteiger charge is -2.33.